The molecule has 0 radical (unpaired) electrons. The first-order valence-electron chi connectivity index (χ1n) is 14.5. The number of aromatic nitrogens is 1. The highest BCUT2D eigenvalue weighted by Crippen LogP contribution is 2.69. The molecule has 0 bridgehead atoms. The summed E-state index contributed by atoms with van der Waals surface area (Å²) in [7, 11) is 0. The van der Waals surface area contributed by atoms with Gasteiger partial charge < -0.3 is 10.2 Å². The Morgan fingerprint density at radius 2 is 1.79 bits per heavy atom. The molecule has 3 heteroatoms. The fraction of sp³-hybridized carbons (Fsp3) is 0.839. The van der Waals surface area contributed by atoms with Crippen LogP contribution in [0.25, 0.3) is 0 Å². The fourth-order valence-corrected chi connectivity index (χ4v) is 9.98. The van der Waals surface area contributed by atoms with Crippen molar-refractivity contribution in [1.29, 1.82) is 0 Å². The number of aliphatic hydroxyl groups is 2. The van der Waals surface area contributed by atoms with Crippen LogP contribution in [-0.4, -0.2) is 20.8 Å². The maximum absolute atomic E-state index is 11.1. The van der Waals surface area contributed by atoms with Crippen molar-refractivity contribution in [3.05, 3.63) is 30.1 Å². The van der Waals surface area contributed by atoms with E-state index in [-0.39, 0.29) is 6.10 Å². The number of nitrogens with zero attached hydrogens (tertiary/aromatic N) is 1. The Kier molecular flexibility index (Phi) is 6.68. The smallest absolute Gasteiger partial charge is 0.0805 e. The van der Waals surface area contributed by atoms with E-state index in [1.807, 2.05) is 18.3 Å². The summed E-state index contributed by atoms with van der Waals surface area (Å²) >= 11 is 0. The van der Waals surface area contributed by atoms with Crippen LogP contribution in [0.4, 0.5) is 0 Å². The average Bonchev–Trinajstić information content (AvgIpc) is 3.20. The van der Waals surface area contributed by atoms with E-state index in [0.717, 1.165) is 67.3 Å². The summed E-state index contributed by atoms with van der Waals surface area (Å²) in [5.74, 6) is 4.83. The van der Waals surface area contributed by atoms with E-state index in [1.165, 1.54) is 44.9 Å². The van der Waals surface area contributed by atoms with Gasteiger partial charge in [0.1, 0.15) is 0 Å². The minimum Gasteiger partial charge on any atom is -0.390 e. The van der Waals surface area contributed by atoms with Gasteiger partial charge in [-0.15, -0.1) is 0 Å². The van der Waals surface area contributed by atoms with Crippen LogP contribution >= 0.6 is 0 Å². The number of pyridine rings is 1. The van der Waals surface area contributed by atoms with Crippen LogP contribution in [0.1, 0.15) is 116 Å². The van der Waals surface area contributed by atoms with Crippen molar-refractivity contribution in [2.45, 2.75) is 116 Å². The quantitative estimate of drug-likeness (QED) is 0.460. The van der Waals surface area contributed by atoms with E-state index in [0.29, 0.717) is 16.7 Å². The zero-order chi connectivity index (χ0) is 24.1. The van der Waals surface area contributed by atoms with E-state index in [9.17, 15) is 10.2 Å². The van der Waals surface area contributed by atoms with Crippen LogP contribution in [0.5, 0.6) is 0 Å². The zero-order valence-corrected chi connectivity index (χ0v) is 22.2. The minimum absolute atomic E-state index is 0.389. The zero-order valence-electron chi connectivity index (χ0n) is 22.2. The molecule has 190 valence electrons. The highest BCUT2D eigenvalue weighted by atomic mass is 16.3. The van der Waals surface area contributed by atoms with Crippen molar-refractivity contribution < 1.29 is 10.2 Å². The molecule has 3 nitrogen and oxygen atoms in total. The first-order chi connectivity index (χ1) is 16.2. The first-order valence-corrected chi connectivity index (χ1v) is 14.5. The molecule has 0 unspecified atom stereocenters. The van der Waals surface area contributed by atoms with Crippen LogP contribution in [0, 0.1) is 46.3 Å². The molecule has 1 aromatic heterocycles. The predicted octanol–water partition coefficient (Wildman–Crippen LogP) is 7.33. The van der Waals surface area contributed by atoms with Gasteiger partial charge in [0.15, 0.2) is 0 Å². The van der Waals surface area contributed by atoms with Crippen LogP contribution in [0.2, 0.25) is 0 Å². The molecular weight excluding hydrogens is 418 g/mol. The Labute approximate surface area is 208 Å². The molecule has 10 atom stereocenters. The molecule has 4 aliphatic carbocycles. The Bertz CT molecular complexity index is 843. The van der Waals surface area contributed by atoms with E-state index in [1.54, 1.807) is 6.20 Å². The molecule has 5 rings (SSSR count). The highest BCUT2D eigenvalue weighted by molar-refractivity contribution is 5.13. The summed E-state index contributed by atoms with van der Waals surface area (Å²) in [6.07, 6.45) is 17.7. The van der Waals surface area contributed by atoms with E-state index < -0.39 is 5.60 Å². The lowest BCUT2D eigenvalue weighted by atomic mass is 9.43. The second-order valence-corrected chi connectivity index (χ2v) is 13.5. The van der Waals surface area contributed by atoms with Crippen molar-refractivity contribution in [2.24, 2.45) is 46.3 Å². The van der Waals surface area contributed by atoms with E-state index in [4.69, 9.17) is 0 Å². The molecule has 1 heterocycles. The van der Waals surface area contributed by atoms with Crippen molar-refractivity contribution >= 4 is 0 Å². The van der Waals surface area contributed by atoms with Crippen molar-refractivity contribution in [2.75, 3.05) is 0 Å². The third-order valence-corrected chi connectivity index (χ3v) is 12.2. The lowest BCUT2D eigenvalue weighted by Gasteiger charge is -2.62. The van der Waals surface area contributed by atoms with Gasteiger partial charge in [0.05, 0.1) is 11.7 Å². The van der Waals surface area contributed by atoms with Gasteiger partial charge in [0, 0.05) is 12.4 Å². The minimum atomic E-state index is -0.394. The Balaban J connectivity index is 1.25. The number of hydrogen-bond donors (Lipinski definition) is 2. The lowest BCUT2D eigenvalue weighted by molar-refractivity contribution is -0.152. The Morgan fingerprint density at radius 3 is 2.53 bits per heavy atom. The molecule has 0 spiro atoms. The maximum atomic E-state index is 11.1. The average molecular weight is 468 g/mol. The van der Waals surface area contributed by atoms with Crippen LogP contribution < -0.4 is 0 Å². The summed E-state index contributed by atoms with van der Waals surface area (Å²) in [5, 5.41) is 21.8. The number of aliphatic hydroxyl groups excluding tert-OH is 1. The summed E-state index contributed by atoms with van der Waals surface area (Å²) in [6.45, 7) is 9.90. The van der Waals surface area contributed by atoms with Gasteiger partial charge in [-0.05, 0) is 135 Å². The largest absolute Gasteiger partial charge is 0.390 e. The molecule has 0 saturated heterocycles. The normalized spacial score (nSPS) is 45.6. The summed E-state index contributed by atoms with van der Waals surface area (Å²) in [4.78, 5) is 4.19. The number of rotatable bonds is 6. The van der Waals surface area contributed by atoms with Gasteiger partial charge >= 0.3 is 0 Å². The number of hydrogen-bond acceptors (Lipinski definition) is 3. The van der Waals surface area contributed by atoms with Gasteiger partial charge in [-0.2, -0.15) is 0 Å². The molecule has 0 aliphatic heterocycles. The molecule has 2 N–H and O–H groups in total. The van der Waals surface area contributed by atoms with Gasteiger partial charge in [0.25, 0.3) is 0 Å². The fourth-order valence-electron chi connectivity index (χ4n) is 9.98. The molecule has 1 aromatic rings. The van der Waals surface area contributed by atoms with Crippen LogP contribution in [-0.2, 0) is 0 Å². The Hall–Kier alpha value is -0.930. The number of fused-ring (bicyclic) bond motifs is 5. The summed E-state index contributed by atoms with van der Waals surface area (Å²) in [6, 6.07) is 3.92. The third kappa shape index (κ3) is 4.07. The maximum Gasteiger partial charge on any atom is 0.0805 e. The molecule has 4 saturated carbocycles. The summed E-state index contributed by atoms with van der Waals surface area (Å²) < 4.78 is 0. The van der Waals surface area contributed by atoms with Crippen LogP contribution in [0.15, 0.2) is 24.5 Å². The van der Waals surface area contributed by atoms with E-state index in [2.05, 4.69) is 32.7 Å². The predicted molar refractivity (Wildman–Crippen MR) is 138 cm³/mol. The van der Waals surface area contributed by atoms with Gasteiger partial charge in [0.2, 0.25) is 0 Å². The van der Waals surface area contributed by atoms with Gasteiger partial charge in [-0.25, -0.2) is 0 Å². The SMILES string of the molecule is CC[C@]1(O)CC[C@@]2(C)[C@@H](CC[C@@H]3[C@@H]2CC[C@]2(C)[C@@H]([C@H](C)CC[C@@H](O)c4cccnc4)CC[C@@H]32)C1. The second kappa shape index (κ2) is 9.18. The second-order valence-electron chi connectivity index (χ2n) is 13.5. The summed E-state index contributed by atoms with van der Waals surface area (Å²) in [5.41, 5.74) is 1.48. The van der Waals surface area contributed by atoms with E-state index >= 15 is 0 Å². The monoisotopic (exact) mass is 467 g/mol. The molecule has 4 fully saturated rings. The molecular formula is C31H49NO2. The van der Waals surface area contributed by atoms with Gasteiger partial charge in [-0.1, -0.05) is 33.8 Å². The lowest BCUT2D eigenvalue weighted by Crippen LogP contribution is -2.56. The van der Waals surface area contributed by atoms with Crippen molar-refractivity contribution in [3.8, 4) is 0 Å². The molecule has 34 heavy (non-hydrogen) atoms. The topological polar surface area (TPSA) is 53.4 Å². The third-order valence-electron chi connectivity index (χ3n) is 12.2. The van der Waals surface area contributed by atoms with Crippen molar-refractivity contribution in [3.63, 3.8) is 0 Å². The first kappa shape index (κ1) is 24.8. The van der Waals surface area contributed by atoms with Gasteiger partial charge in [-0.3, -0.25) is 4.98 Å². The molecule has 0 aromatic carbocycles. The standard InChI is InChI=1S/C31H49NO2/c1-5-31(34)17-16-29(3)23(19-31)9-10-24-26-12-11-25(30(26,4)15-14-27(24)29)21(2)8-13-28(33)22-7-6-18-32-20-22/h6-7,18,20-21,23-28,33-34H,5,8-17,19H2,1-4H3/t21-,23+,24+,25-,26+,27+,28-,29+,30-,31+/m1/s1. The molecule has 0 amide bonds. The highest BCUT2D eigenvalue weighted by Gasteiger charge is 2.61. The molecule has 4 aliphatic rings. The van der Waals surface area contributed by atoms with Crippen molar-refractivity contribution in [1.82, 2.24) is 4.98 Å². The Morgan fingerprint density at radius 1 is 1.00 bits per heavy atom. The van der Waals surface area contributed by atoms with Crippen LogP contribution in [0.3, 0.4) is 0 Å².